The summed E-state index contributed by atoms with van der Waals surface area (Å²) in [5.74, 6) is -1.61. The molecule has 1 saturated heterocycles. The zero-order chi connectivity index (χ0) is 26.9. The number of benzene rings is 3. The molecule has 0 spiro atoms. The summed E-state index contributed by atoms with van der Waals surface area (Å²) < 4.78 is 38.8. The minimum Gasteiger partial charge on any atom is -0.371 e. The average molecular weight is 557 g/mol. The Balaban J connectivity index is 1.22. The number of amides is 2. The van der Waals surface area contributed by atoms with Crippen LogP contribution in [0.3, 0.4) is 0 Å². The number of piperazine rings is 1. The second kappa shape index (κ2) is 10.6. The molecule has 2 aliphatic rings. The third-order valence-corrected chi connectivity index (χ3v) is 8.64. The van der Waals surface area contributed by atoms with E-state index >= 15 is 0 Å². The number of anilines is 3. The van der Waals surface area contributed by atoms with Crippen LogP contribution in [0.4, 0.5) is 21.5 Å². The summed E-state index contributed by atoms with van der Waals surface area (Å²) in [6.07, 6.45) is 0. The maximum atomic E-state index is 13.2. The van der Waals surface area contributed by atoms with Crippen LogP contribution in [-0.4, -0.2) is 63.1 Å². The summed E-state index contributed by atoms with van der Waals surface area (Å²) in [6.45, 7) is 2.24. The van der Waals surface area contributed by atoms with Gasteiger partial charge in [0.15, 0.2) is 9.84 Å². The highest BCUT2D eigenvalue weighted by Gasteiger charge is 2.31. The minimum absolute atomic E-state index is 0.162. The number of carbonyl (C=O) groups is 2. The SMILES string of the molecule is O=C1Nc2cc(C(=O)N3CCN(c4ccc(F)cc4)CC3)ccc2NC1CS(=O)(=O)Cc1ccccc1Cl. The van der Waals surface area contributed by atoms with Crippen molar-refractivity contribution in [2.75, 3.05) is 47.5 Å². The maximum absolute atomic E-state index is 13.2. The highest BCUT2D eigenvalue weighted by atomic mass is 35.5. The summed E-state index contributed by atoms with van der Waals surface area (Å²) in [7, 11) is -3.65. The molecule has 1 atom stereocenters. The lowest BCUT2D eigenvalue weighted by Gasteiger charge is -2.36. The standard InChI is InChI=1S/C27H26ClFN4O4S/c28-22-4-2-1-3-19(22)16-38(36,37)17-25-26(34)31-24-15-18(5-10-23(24)30-25)27(35)33-13-11-32(12-14-33)21-8-6-20(29)7-9-21/h1-10,15,25,30H,11-14,16-17H2,(H,31,34). The van der Waals surface area contributed by atoms with Crippen molar-refractivity contribution in [3.63, 3.8) is 0 Å². The highest BCUT2D eigenvalue weighted by molar-refractivity contribution is 7.90. The molecule has 2 amide bonds. The molecule has 11 heteroatoms. The van der Waals surface area contributed by atoms with Gasteiger partial charge >= 0.3 is 0 Å². The van der Waals surface area contributed by atoms with Crippen molar-refractivity contribution in [1.29, 1.82) is 0 Å². The third kappa shape index (κ3) is 5.76. The van der Waals surface area contributed by atoms with E-state index in [2.05, 4.69) is 15.5 Å². The number of nitrogens with one attached hydrogen (secondary N) is 2. The molecule has 1 unspecified atom stereocenters. The molecule has 38 heavy (non-hydrogen) atoms. The van der Waals surface area contributed by atoms with Crippen LogP contribution in [0.15, 0.2) is 66.7 Å². The molecule has 5 rings (SSSR count). The van der Waals surface area contributed by atoms with E-state index in [1.807, 2.05) is 0 Å². The lowest BCUT2D eigenvalue weighted by atomic mass is 10.1. The lowest BCUT2D eigenvalue weighted by Crippen LogP contribution is -2.49. The summed E-state index contributed by atoms with van der Waals surface area (Å²) in [6, 6.07) is 16.9. The fourth-order valence-electron chi connectivity index (χ4n) is 4.66. The van der Waals surface area contributed by atoms with Crippen LogP contribution >= 0.6 is 11.6 Å². The third-order valence-electron chi connectivity index (χ3n) is 6.68. The molecule has 2 aliphatic heterocycles. The first kappa shape index (κ1) is 26.0. The molecule has 1 fully saturated rings. The first-order chi connectivity index (χ1) is 18.2. The minimum atomic E-state index is -3.65. The molecule has 0 bridgehead atoms. The van der Waals surface area contributed by atoms with Gasteiger partial charge in [-0.1, -0.05) is 29.8 Å². The molecule has 2 N–H and O–H groups in total. The van der Waals surface area contributed by atoms with E-state index in [1.54, 1.807) is 59.5 Å². The maximum Gasteiger partial charge on any atom is 0.254 e. The number of halogens is 2. The van der Waals surface area contributed by atoms with Crippen LogP contribution in [-0.2, 0) is 20.4 Å². The zero-order valence-corrected chi connectivity index (χ0v) is 21.9. The first-order valence-corrected chi connectivity index (χ1v) is 14.3. The Morgan fingerprint density at radius 3 is 2.39 bits per heavy atom. The van der Waals surface area contributed by atoms with E-state index in [0.29, 0.717) is 53.7 Å². The fourth-order valence-corrected chi connectivity index (χ4v) is 6.53. The Morgan fingerprint density at radius 1 is 0.974 bits per heavy atom. The van der Waals surface area contributed by atoms with E-state index in [1.165, 1.54) is 12.1 Å². The molecule has 2 heterocycles. The van der Waals surface area contributed by atoms with Crippen molar-refractivity contribution in [3.8, 4) is 0 Å². The molecule has 0 aliphatic carbocycles. The Hall–Kier alpha value is -3.63. The topological polar surface area (TPSA) is 98.8 Å². The number of nitrogens with zero attached hydrogens (tertiary/aromatic N) is 2. The second-order valence-electron chi connectivity index (χ2n) is 9.35. The van der Waals surface area contributed by atoms with Crippen LogP contribution in [0.1, 0.15) is 15.9 Å². The van der Waals surface area contributed by atoms with Crippen LogP contribution in [0.2, 0.25) is 5.02 Å². The number of fused-ring (bicyclic) bond motifs is 1. The molecule has 198 valence electrons. The van der Waals surface area contributed by atoms with Gasteiger partial charge < -0.3 is 20.4 Å². The Labute approximate surface area is 225 Å². The molecule has 0 saturated carbocycles. The molecule has 0 radical (unpaired) electrons. The van der Waals surface area contributed by atoms with Crippen LogP contribution in [0.5, 0.6) is 0 Å². The molecule has 3 aromatic carbocycles. The van der Waals surface area contributed by atoms with Crippen molar-refractivity contribution in [1.82, 2.24) is 4.90 Å². The van der Waals surface area contributed by atoms with E-state index in [-0.39, 0.29) is 17.5 Å². The van der Waals surface area contributed by atoms with Gasteiger partial charge in [0, 0.05) is 42.5 Å². The zero-order valence-electron chi connectivity index (χ0n) is 20.4. The summed E-state index contributed by atoms with van der Waals surface area (Å²) in [5.41, 5.74) is 2.77. The van der Waals surface area contributed by atoms with Crippen molar-refractivity contribution in [2.24, 2.45) is 0 Å². The summed E-state index contributed by atoms with van der Waals surface area (Å²) in [4.78, 5) is 29.7. The number of rotatable bonds is 6. The van der Waals surface area contributed by atoms with E-state index in [9.17, 15) is 22.4 Å². The van der Waals surface area contributed by atoms with E-state index in [4.69, 9.17) is 11.6 Å². The van der Waals surface area contributed by atoms with Gasteiger partial charge in [0.1, 0.15) is 11.9 Å². The Bertz CT molecular complexity index is 1470. The lowest BCUT2D eigenvalue weighted by molar-refractivity contribution is -0.116. The fraction of sp³-hybridized carbons (Fsp3) is 0.259. The molecule has 3 aromatic rings. The van der Waals surface area contributed by atoms with Gasteiger partial charge in [0.05, 0.1) is 22.9 Å². The quantitative estimate of drug-likeness (QED) is 0.479. The second-order valence-corrected chi connectivity index (χ2v) is 11.9. The van der Waals surface area contributed by atoms with Gasteiger partial charge in [0.2, 0.25) is 5.91 Å². The first-order valence-electron chi connectivity index (χ1n) is 12.1. The van der Waals surface area contributed by atoms with Crippen molar-refractivity contribution in [2.45, 2.75) is 11.8 Å². The van der Waals surface area contributed by atoms with Gasteiger partial charge in [-0.3, -0.25) is 9.59 Å². The van der Waals surface area contributed by atoms with Crippen LogP contribution in [0.25, 0.3) is 0 Å². The van der Waals surface area contributed by atoms with E-state index < -0.39 is 27.5 Å². The number of sulfone groups is 1. The van der Waals surface area contributed by atoms with Gasteiger partial charge in [-0.05, 0) is 54.1 Å². The average Bonchev–Trinajstić information content (AvgIpc) is 2.90. The van der Waals surface area contributed by atoms with Gasteiger partial charge in [-0.2, -0.15) is 0 Å². The van der Waals surface area contributed by atoms with Crippen LogP contribution in [0, 0.1) is 5.82 Å². The number of hydrogen-bond acceptors (Lipinski definition) is 6. The van der Waals surface area contributed by atoms with Gasteiger partial charge in [-0.25, -0.2) is 12.8 Å². The van der Waals surface area contributed by atoms with Crippen molar-refractivity contribution < 1.29 is 22.4 Å². The summed E-state index contributed by atoms with van der Waals surface area (Å²) in [5, 5.41) is 6.09. The van der Waals surface area contributed by atoms with Crippen molar-refractivity contribution >= 4 is 50.3 Å². The molecule has 0 aromatic heterocycles. The van der Waals surface area contributed by atoms with Crippen molar-refractivity contribution in [3.05, 3.63) is 88.7 Å². The largest absolute Gasteiger partial charge is 0.371 e. The monoisotopic (exact) mass is 556 g/mol. The predicted octanol–water partition coefficient (Wildman–Crippen LogP) is 3.79. The van der Waals surface area contributed by atoms with E-state index in [0.717, 1.165) is 5.69 Å². The van der Waals surface area contributed by atoms with Crippen LogP contribution < -0.4 is 15.5 Å². The molecular weight excluding hydrogens is 531 g/mol. The van der Waals surface area contributed by atoms with Gasteiger partial charge in [-0.15, -0.1) is 0 Å². The smallest absolute Gasteiger partial charge is 0.254 e. The van der Waals surface area contributed by atoms with Gasteiger partial charge in [0.25, 0.3) is 5.91 Å². The number of carbonyl (C=O) groups excluding carboxylic acids is 2. The normalized spacial score (nSPS) is 17.4. The Morgan fingerprint density at radius 2 is 1.68 bits per heavy atom. The predicted molar refractivity (Wildman–Crippen MR) is 146 cm³/mol. The number of hydrogen-bond donors (Lipinski definition) is 2. The highest BCUT2D eigenvalue weighted by Crippen LogP contribution is 2.30. The summed E-state index contributed by atoms with van der Waals surface area (Å²) >= 11 is 6.10. The molecular formula is C27H26ClFN4O4S. The Kier molecular flexibility index (Phi) is 7.27. The molecule has 8 nitrogen and oxygen atoms in total.